The topological polar surface area (TPSA) is 61.4 Å². The van der Waals surface area contributed by atoms with Crippen LogP contribution >= 0.6 is 0 Å². The normalized spacial score (nSPS) is 12.3. The van der Waals surface area contributed by atoms with Gasteiger partial charge in [0.1, 0.15) is 0 Å². The summed E-state index contributed by atoms with van der Waals surface area (Å²) in [5.74, 6) is 0.234. The molecular formula is C19H39N3O2. The molecule has 0 fully saturated rings. The second-order valence-corrected chi connectivity index (χ2v) is 8.65. The highest BCUT2D eigenvalue weighted by atomic mass is 16.2. The fourth-order valence-corrected chi connectivity index (χ4v) is 2.20. The van der Waals surface area contributed by atoms with E-state index in [9.17, 15) is 9.59 Å². The van der Waals surface area contributed by atoms with E-state index in [2.05, 4.69) is 43.4 Å². The summed E-state index contributed by atoms with van der Waals surface area (Å²) in [6.07, 6.45) is 4.78. The van der Waals surface area contributed by atoms with Gasteiger partial charge >= 0.3 is 0 Å². The van der Waals surface area contributed by atoms with Gasteiger partial charge in [-0.05, 0) is 74.4 Å². The van der Waals surface area contributed by atoms with E-state index in [0.717, 1.165) is 32.2 Å². The van der Waals surface area contributed by atoms with Crippen molar-refractivity contribution < 1.29 is 9.59 Å². The first-order valence-corrected chi connectivity index (χ1v) is 9.21. The largest absolute Gasteiger partial charge is 0.356 e. The summed E-state index contributed by atoms with van der Waals surface area (Å²) in [6.45, 7) is 14.1. The summed E-state index contributed by atoms with van der Waals surface area (Å²) in [5.41, 5.74) is -0.0120. The smallest absolute Gasteiger partial charge is 0.220 e. The summed E-state index contributed by atoms with van der Waals surface area (Å²) >= 11 is 0. The molecule has 5 heteroatoms. The predicted molar refractivity (Wildman–Crippen MR) is 101 cm³/mol. The van der Waals surface area contributed by atoms with E-state index >= 15 is 0 Å². The van der Waals surface area contributed by atoms with E-state index in [0.29, 0.717) is 19.4 Å². The van der Waals surface area contributed by atoms with E-state index < -0.39 is 0 Å². The van der Waals surface area contributed by atoms with E-state index in [1.54, 1.807) is 0 Å². The molecule has 0 aromatic heterocycles. The molecule has 0 saturated heterocycles. The third-order valence-corrected chi connectivity index (χ3v) is 3.96. The number of nitrogens with one attached hydrogen (secondary N) is 2. The molecule has 0 aromatic rings. The number of amides is 2. The molecule has 2 N–H and O–H groups in total. The maximum absolute atomic E-state index is 11.8. The molecule has 0 heterocycles. The zero-order valence-electron chi connectivity index (χ0n) is 16.9. The first kappa shape index (κ1) is 22.9. The maximum atomic E-state index is 11.8. The Hall–Kier alpha value is -1.10. The molecule has 0 aromatic carbocycles. The molecule has 142 valence electrons. The molecule has 0 aliphatic heterocycles. The van der Waals surface area contributed by atoms with Crippen LogP contribution < -0.4 is 10.6 Å². The lowest BCUT2D eigenvalue weighted by Crippen LogP contribution is -2.40. The van der Waals surface area contributed by atoms with Gasteiger partial charge in [-0.15, -0.1) is 0 Å². The lowest BCUT2D eigenvalue weighted by molar-refractivity contribution is -0.123. The highest BCUT2D eigenvalue weighted by molar-refractivity contribution is 5.76. The summed E-state index contributed by atoms with van der Waals surface area (Å²) in [4.78, 5) is 25.7. The van der Waals surface area contributed by atoms with Crippen LogP contribution in [0.15, 0.2) is 0 Å². The lowest BCUT2D eigenvalue weighted by Gasteiger charge is -2.31. The van der Waals surface area contributed by atoms with E-state index in [4.69, 9.17) is 0 Å². The van der Waals surface area contributed by atoms with Crippen molar-refractivity contribution in [1.82, 2.24) is 15.5 Å². The van der Waals surface area contributed by atoms with Crippen LogP contribution in [0.1, 0.15) is 80.1 Å². The molecule has 0 aliphatic carbocycles. The summed E-state index contributed by atoms with van der Waals surface area (Å²) in [6, 6.07) is 0. The third-order valence-electron chi connectivity index (χ3n) is 3.96. The van der Waals surface area contributed by atoms with Crippen LogP contribution in [-0.2, 0) is 9.59 Å². The van der Waals surface area contributed by atoms with Gasteiger partial charge < -0.3 is 15.5 Å². The molecule has 0 atom stereocenters. The van der Waals surface area contributed by atoms with Crippen molar-refractivity contribution in [2.45, 2.75) is 91.1 Å². The summed E-state index contributed by atoms with van der Waals surface area (Å²) in [7, 11) is 2.09. The maximum Gasteiger partial charge on any atom is 0.220 e. The van der Waals surface area contributed by atoms with Gasteiger partial charge in [0.2, 0.25) is 11.8 Å². The highest BCUT2D eigenvalue weighted by Gasteiger charge is 2.16. The Kier molecular flexibility index (Phi) is 10.2. The molecule has 0 radical (unpaired) electrons. The Labute approximate surface area is 148 Å². The van der Waals surface area contributed by atoms with Crippen LogP contribution in [0, 0.1) is 0 Å². The second-order valence-electron chi connectivity index (χ2n) is 8.65. The number of nitrogens with zero attached hydrogens (tertiary/aromatic N) is 1. The molecule has 0 bridgehead atoms. The average molecular weight is 342 g/mol. The number of hydrogen-bond donors (Lipinski definition) is 2. The number of carbonyl (C=O) groups excluding carboxylic acids is 2. The highest BCUT2D eigenvalue weighted by Crippen LogP contribution is 2.11. The Morgan fingerprint density at radius 2 is 1.42 bits per heavy atom. The standard InChI is InChI=1S/C19H39N3O2/c1-18(2,3)21-17(24)12-9-8-10-14-20-16(23)13-11-15-22(7)19(4,5)6/h8-15H2,1-7H3,(H,20,23)(H,21,24). The molecule has 0 saturated carbocycles. The Bertz CT molecular complexity index is 381. The number of rotatable bonds is 10. The van der Waals surface area contributed by atoms with Crippen molar-refractivity contribution >= 4 is 11.8 Å². The Morgan fingerprint density at radius 3 is 1.96 bits per heavy atom. The van der Waals surface area contributed by atoms with Crippen LogP contribution in [-0.4, -0.2) is 47.9 Å². The molecule has 0 rings (SSSR count). The van der Waals surface area contributed by atoms with Gasteiger partial charge in [-0.25, -0.2) is 0 Å². The quantitative estimate of drug-likeness (QED) is 0.600. The van der Waals surface area contributed by atoms with Crippen molar-refractivity contribution in [2.24, 2.45) is 0 Å². The predicted octanol–water partition coefficient (Wildman–Crippen LogP) is 3.09. The van der Waals surface area contributed by atoms with E-state index in [1.165, 1.54) is 0 Å². The molecule has 2 amide bonds. The van der Waals surface area contributed by atoms with Gasteiger partial charge in [0.25, 0.3) is 0 Å². The minimum absolute atomic E-state index is 0.106. The van der Waals surface area contributed by atoms with Crippen molar-refractivity contribution in [3.8, 4) is 0 Å². The number of hydrogen-bond acceptors (Lipinski definition) is 3. The minimum atomic E-state index is -0.161. The molecule has 0 spiro atoms. The average Bonchev–Trinajstić information content (AvgIpc) is 2.39. The summed E-state index contributed by atoms with van der Waals surface area (Å²) < 4.78 is 0. The number of carbonyl (C=O) groups is 2. The van der Waals surface area contributed by atoms with Crippen LogP contribution in [0.2, 0.25) is 0 Å². The fourth-order valence-electron chi connectivity index (χ4n) is 2.20. The molecule has 24 heavy (non-hydrogen) atoms. The molecule has 5 nitrogen and oxygen atoms in total. The van der Waals surface area contributed by atoms with Crippen LogP contribution in [0.3, 0.4) is 0 Å². The molecule has 0 unspecified atom stereocenters. The third kappa shape index (κ3) is 13.3. The van der Waals surface area contributed by atoms with Crippen molar-refractivity contribution in [3.63, 3.8) is 0 Å². The van der Waals surface area contributed by atoms with Gasteiger partial charge in [-0.2, -0.15) is 0 Å². The van der Waals surface area contributed by atoms with Gasteiger partial charge in [-0.3, -0.25) is 9.59 Å². The van der Waals surface area contributed by atoms with Gasteiger partial charge in [0.05, 0.1) is 0 Å². The van der Waals surface area contributed by atoms with E-state index in [-0.39, 0.29) is 22.9 Å². The van der Waals surface area contributed by atoms with Crippen LogP contribution in [0.5, 0.6) is 0 Å². The van der Waals surface area contributed by atoms with Gasteiger partial charge in [-0.1, -0.05) is 6.42 Å². The van der Waals surface area contributed by atoms with Crippen molar-refractivity contribution in [1.29, 1.82) is 0 Å². The zero-order chi connectivity index (χ0) is 18.8. The van der Waals surface area contributed by atoms with Gasteiger partial charge in [0, 0.05) is 30.5 Å². The number of unbranched alkanes of at least 4 members (excludes halogenated alkanes) is 2. The zero-order valence-corrected chi connectivity index (χ0v) is 16.9. The minimum Gasteiger partial charge on any atom is -0.356 e. The van der Waals surface area contributed by atoms with Crippen LogP contribution in [0.25, 0.3) is 0 Å². The molecular weight excluding hydrogens is 302 g/mol. The van der Waals surface area contributed by atoms with Crippen LogP contribution in [0.4, 0.5) is 0 Å². The van der Waals surface area contributed by atoms with Gasteiger partial charge in [0.15, 0.2) is 0 Å². The SMILES string of the molecule is CN(CCCC(=O)NCCCCCC(=O)NC(C)(C)C)C(C)(C)C. The lowest BCUT2D eigenvalue weighted by atomic mass is 10.1. The van der Waals surface area contributed by atoms with Crippen molar-refractivity contribution in [2.75, 3.05) is 20.1 Å². The Balaban J connectivity index is 3.58. The molecule has 0 aliphatic rings. The monoisotopic (exact) mass is 341 g/mol. The Morgan fingerprint density at radius 1 is 0.833 bits per heavy atom. The first-order chi connectivity index (χ1) is 10.9. The second kappa shape index (κ2) is 10.7. The first-order valence-electron chi connectivity index (χ1n) is 9.21. The van der Waals surface area contributed by atoms with E-state index in [1.807, 2.05) is 20.8 Å². The van der Waals surface area contributed by atoms with Crippen molar-refractivity contribution in [3.05, 3.63) is 0 Å². The fraction of sp³-hybridized carbons (Fsp3) is 0.895. The summed E-state index contributed by atoms with van der Waals surface area (Å²) in [5, 5.41) is 5.92.